The van der Waals surface area contributed by atoms with Crippen LogP contribution < -0.4 is 10.6 Å². The fourth-order valence-electron chi connectivity index (χ4n) is 7.59. The molecule has 58 heavy (non-hydrogen) atoms. The fraction of sp³-hybridized carbons (Fsp3) is 0.409. The van der Waals surface area contributed by atoms with Crippen molar-refractivity contribution in [3.05, 3.63) is 95.9 Å². The molecule has 2 saturated carbocycles. The van der Waals surface area contributed by atoms with Crippen LogP contribution >= 0.6 is 23.5 Å². The second-order valence-electron chi connectivity index (χ2n) is 15.7. The highest BCUT2D eigenvalue weighted by atomic mass is 32.2. The number of nitrogens with one attached hydrogen (secondary N) is 2. The highest BCUT2D eigenvalue weighted by molar-refractivity contribution is 8.01. The Morgan fingerprint density at radius 3 is 1.72 bits per heavy atom. The number of hydrogen-bond donors (Lipinski definition) is 2. The van der Waals surface area contributed by atoms with Crippen molar-refractivity contribution in [2.24, 2.45) is 0 Å². The summed E-state index contributed by atoms with van der Waals surface area (Å²) in [6, 6.07) is 23.8. The summed E-state index contributed by atoms with van der Waals surface area (Å²) in [5, 5.41) is 25.7. The van der Waals surface area contributed by atoms with E-state index in [0.717, 1.165) is 66.4 Å². The van der Waals surface area contributed by atoms with Crippen LogP contribution in [0, 0.1) is 0 Å². The molecule has 1 atom stereocenters. The van der Waals surface area contributed by atoms with Crippen LogP contribution in [0.2, 0.25) is 0 Å². The summed E-state index contributed by atoms with van der Waals surface area (Å²) >= 11 is 3.00. The molecule has 302 valence electrons. The number of nitrogens with zero attached hydrogens (tertiary/aromatic N) is 6. The molecule has 14 heteroatoms. The molecule has 8 rings (SSSR count). The van der Waals surface area contributed by atoms with Crippen molar-refractivity contribution in [1.82, 2.24) is 29.5 Å². The maximum absolute atomic E-state index is 13.8. The van der Waals surface area contributed by atoms with Crippen LogP contribution in [0.15, 0.2) is 98.2 Å². The van der Waals surface area contributed by atoms with Crippen LogP contribution in [0.5, 0.6) is 0 Å². The molecular weight excluding hydrogens is 769 g/mol. The lowest BCUT2D eigenvalue weighted by Crippen LogP contribution is -2.37. The van der Waals surface area contributed by atoms with Gasteiger partial charge in [0.1, 0.15) is 15.3 Å². The Hall–Kier alpha value is -5.08. The molecule has 0 saturated heterocycles. The Balaban J connectivity index is 0.888. The summed E-state index contributed by atoms with van der Waals surface area (Å²) in [6.45, 7) is 11.9. The van der Waals surface area contributed by atoms with Crippen LogP contribution in [0.1, 0.15) is 102 Å². The second kappa shape index (κ2) is 16.6. The Bertz CT molecular complexity index is 2350. The number of carbonyl (C=O) groups excluding carboxylic acids is 2. The van der Waals surface area contributed by atoms with Crippen molar-refractivity contribution in [3.8, 4) is 23.2 Å². The van der Waals surface area contributed by atoms with Gasteiger partial charge in [0.25, 0.3) is 0 Å². The lowest BCUT2D eigenvalue weighted by atomic mass is 9.96. The number of furan rings is 2. The molecule has 6 aromatic rings. The van der Waals surface area contributed by atoms with Crippen molar-refractivity contribution < 1.29 is 18.4 Å². The van der Waals surface area contributed by atoms with Gasteiger partial charge in [-0.05, 0) is 111 Å². The van der Waals surface area contributed by atoms with Gasteiger partial charge in [0.2, 0.25) is 11.8 Å². The first kappa shape index (κ1) is 39.7. The van der Waals surface area contributed by atoms with E-state index in [-0.39, 0.29) is 17.7 Å². The molecule has 2 aliphatic carbocycles. The van der Waals surface area contributed by atoms with Crippen LogP contribution in [0.4, 0.5) is 11.4 Å². The molecule has 2 aliphatic rings. The number of anilines is 2. The first-order chi connectivity index (χ1) is 28.1. The Morgan fingerprint density at radius 2 is 1.22 bits per heavy atom. The second-order valence-corrected chi connectivity index (χ2v) is 18.4. The Morgan fingerprint density at radius 1 is 0.690 bits per heavy atom. The minimum absolute atomic E-state index is 0.0179. The molecule has 0 bridgehead atoms. The van der Waals surface area contributed by atoms with E-state index in [1.54, 1.807) is 6.26 Å². The van der Waals surface area contributed by atoms with Crippen LogP contribution in [-0.2, 0) is 29.1 Å². The zero-order chi connectivity index (χ0) is 40.4. The topological polar surface area (TPSA) is 146 Å². The van der Waals surface area contributed by atoms with E-state index in [1.807, 2.05) is 64.6 Å². The molecule has 2 N–H and O–H groups in total. The van der Waals surface area contributed by atoms with Gasteiger partial charge in [0, 0.05) is 30.9 Å². The predicted octanol–water partition coefficient (Wildman–Crippen LogP) is 10.2. The quantitative estimate of drug-likeness (QED) is 0.0968. The summed E-state index contributed by atoms with van der Waals surface area (Å²) < 4.78 is 14.8. The van der Waals surface area contributed by atoms with E-state index in [2.05, 4.69) is 83.0 Å². The number of benzene rings is 2. The summed E-state index contributed by atoms with van der Waals surface area (Å²) in [5.74, 6) is 4.05. The van der Waals surface area contributed by atoms with Crippen LogP contribution in [-0.4, -0.2) is 50.8 Å². The highest BCUT2D eigenvalue weighted by Gasteiger charge is 2.52. The normalized spacial score (nSPS) is 16.1. The molecule has 1 unspecified atom stereocenters. The molecule has 12 nitrogen and oxygen atoms in total. The standard InChI is InChI=1S/C44H50N8O4S2/c1-6-51-37(35-11-10-26-55-35)47-49-41(51)58-44(24-25-44)40(54)46-33-18-14-31(15-19-33)29(5)27-34-20-21-36(56-34)38-48-50-42(52(38)7-2)57-43(22-8-9-23-43)39(53)45-32-16-12-30(13-17-32)28(3)4/h10-21,26,28-29H,6-9,22-25,27H2,1-5H3,(H,45,53)(H,46,54). The van der Waals surface area contributed by atoms with Gasteiger partial charge in [-0.2, -0.15) is 0 Å². The zero-order valence-corrected chi connectivity index (χ0v) is 35.3. The largest absolute Gasteiger partial charge is 0.461 e. The van der Waals surface area contributed by atoms with Gasteiger partial charge in [-0.25, -0.2) is 0 Å². The third-order valence-electron chi connectivity index (χ3n) is 11.3. The van der Waals surface area contributed by atoms with Gasteiger partial charge in [-0.3, -0.25) is 18.7 Å². The van der Waals surface area contributed by atoms with Gasteiger partial charge >= 0.3 is 0 Å². The zero-order valence-electron chi connectivity index (χ0n) is 33.7. The van der Waals surface area contributed by atoms with Crippen molar-refractivity contribution in [1.29, 1.82) is 0 Å². The SMILES string of the molecule is CCn1c(SC2(C(=O)Nc3ccc(C(C)Cc4ccc(-c5nnc(SC6(C(=O)Nc7ccc(C(C)C)cc7)CCCC6)n5CC)o4)cc3)CC2)nnc1-c1ccco1. The van der Waals surface area contributed by atoms with E-state index in [1.165, 1.54) is 29.1 Å². The summed E-state index contributed by atoms with van der Waals surface area (Å²) in [4.78, 5) is 27.4. The summed E-state index contributed by atoms with van der Waals surface area (Å²) in [6.07, 6.45) is 7.42. The van der Waals surface area contributed by atoms with E-state index < -0.39 is 9.49 Å². The van der Waals surface area contributed by atoms with Crippen molar-refractivity contribution in [2.45, 2.75) is 124 Å². The van der Waals surface area contributed by atoms with Gasteiger partial charge < -0.3 is 19.5 Å². The van der Waals surface area contributed by atoms with Gasteiger partial charge in [-0.1, -0.05) is 81.4 Å². The number of hydrogen-bond acceptors (Lipinski definition) is 10. The van der Waals surface area contributed by atoms with Crippen molar-refractivity contribution in [3.63, 3.8) is 0 Å². The third-order valence-corrected chi connectivity index (χ3v) is 14.2. The molecule has 2 amide bonds. The molecule has 4 aromatic heterocycles. The average Bonchev–Trinajstić information content (AvgIpc) is 3.88. The predicted molar refractivity (Wildman–Crippen MR) is 228 cm³/mol. The number of thioether (sulfide) groups is 2. The number of aromatic nitrogens is 6. The van der Waals surface area contributed by atoms with Crippen LogP contribution in [0.25, 0.3) is 23.2 Å². The van der Waals surface area contributed by atoms with Crippen molar-refractivity contribution in [2.75, 3.05) is 10.6 Å². The molecule has 2 aromatic carbocycles. The van der Waals surface area contributed by atoms with Gasteiger partial charge in [-0.15, -0.1) is 20.4 Å². The lowest BCUT2D eigenvalue weighted by Gasteiger charge is -2.26. The highest BCUT2D eigenvalue weighted by Crippen LogP contribution is 2.52. The number of amides is 2. The van der Waals surface area contributed by atoms with E-state index in [9.17, 15) is 9.59 Å². The Kier molecular flexibility index (Phi) is 11.4. The van der Waals surface area contributed by atoms with E-state index >= 15 is 0 Å². The maximum Gasteiger partial charge on any atom is 0.241 e. The summed E-state index contributed by atoms with van der Waals surface area (Å²) in [5.41, 5.74) is 3.95. The molecule has 0 radical (unpaired) electrons. The number of carbonyl (C=O) groups is 2. The van der Waals surface area contributed by atoms with E-state index in [0.29, 0.717) is 53.8 Å². The van der Waals surface area contributed by atoms with Crippen molar-refractivity contribution >= 4 is 46.7 Å². The maximum atomic E-state index is 13.8. The van der Waals surface area contributed by atoms with Gasteiger partial charge in [0.05, 0.1) is 6.26 Å². The lowest BCUT2D eigenvalue weighted by molar-refractivity contribution is -0.118. The molecule has 4 heterocycles. The molecule has 0 spiro atoms. The van der Waals surface area contributed by atoms with Crippen LogP contribution in [0.3, 0.4) is 0 Å². The summed E-state index contributed by atoms with van der Waals surface area (Å²) in [7, 11) is 0. The first-order valence-corrected chi connectivity index (χ1v) is 21.9. The average molecular weight is 819 g/mol. The fourth-order valence-corrected chi connectivity index (χ4v) is 10.2. The minimum atomic E-state index is -0.614. The first-order valence-electron chi connectivity index (χ1n) is 20.3. The minimum Gasteiger partial charge on any atom is -0.461 e. The Labute approximate surface area is 347 Å². The van der Waals surface area contributed by atoms with Gasteiger partial charge in [0.15, 0.2) is 33.5 Å². The molecular formula is C44H50N8O4S2. The third kappa shape index (κ3) is 8.13. The molecule has 2 fully saturated rings. The number of rotatable bonds is 16. The smallest absolute Gasteiger partial charge is 0.241 e. The monoisotopic (exact) mass is 818 g/mol. The van der Waals surface area contributed by atoms with E-state index in [4.69, 9.17) is 8.83 Å². The molecule has 0 aliphatic heterocycles.